The third-order valence-electron chi connectivity index (χ3n) is 4.40. The molecule has 12 nitrogen and oxygen atoms in total. The Kier molecular flexibility index (Phi) is 5.36. The van der Waals surface area contributed by atoms with Gasteiger partial charge >= 0.3 is 5.97 Å². The number of carboxylic acids is 1. The highest BCUT2D eigenvalue weighted by Gasteiger charge is 2.44. The van der Waals surface area contributed by atoms with E-state index in [1.54, 1.807) is 0 Å². The van der Waals surface area contributed by atoms with Crippen LogP contribution in [-0.2, 0) is 19.3 Å². The average Bonchev–Trinajstić information content (AvgIpc) is 2.88. The zero-order valence-electron chi connectivity index (χ0n) is 12.6. The van der Waals surface area contributed by atoms with E-state index in [1.165, 1.54) is 4.90 Å². The Balaban J connectivity index is 1.96. The molecular formula is C12H17N3O9. The van der Waals surface area contributed by atoms with E-state index >= 15 is 0 Å². The molecule has 134 valence electrons. The molecule has 0 aromatic heterocycles. The second kappa shape index (κ2) is 7.27. The van der Waals surface area contributed by atoms with Crippen LogP contribution in [0.1, 0.15) is 25.7 Å². The Morgan fingerprint density at radius 2 is 1.42 bits per heavy atom. The SMILES string of the molecule is O=C(O)C1CCN(C(=O)C2C[C@H](O[N+](=O)[O-])[C@H](O[N+](=O)[O-])C2)CC1. The van der Waals surface area contributed by atoms with Crippen molar-refractivity contribution in [2.45, 2.75) is 37.9 Å². The van der Waals surface area contributed by atoms with Crippen molar-refractivity contribution in [1.29, 1.82) is 0 Å². The first-order valence-corrected chi connectivity index (χ1v) is 7.41. The van der Waals surface area contributed by atoms with Crippen molar-refractivity contribution in [3.63, 3.8) is 0 Å². The molecule has 1 saturated heterocycles. The number of aliphatic carboxylic acids is 1. The van der Waals surface area contributed by atoms with Gasteiger partial charge < -0.3 is 19.7 Å². The number of nitrogens with zero attached hydrogens (tertiary/aromatic N) is 3. The fraction of sp³-hybridized carbons (Fsp3) is 0.833. The summed E-state index contributed by atoms with van der Waals surface area (Å²) in [6.45, 7) is 0.543. The number of hydrogen-bond donors (Lipinski definition) is 1. The van der Waals surface area contributed by atoms with E-state index in [2.05, 4.69) is 9.68 Å². The molecular weight excluding hydrogens is 330 g/mol. The van der Waals surface area contributed by atoms with Crippen LogP contribution in [0, 0.1) is 32.1 Å². The third-order valence-corrected chi connectivity index (χ3v) is 4.40. The molecule has 2 fully saturated rings. The van der Waals surface area contributed by atoms with Crippen LogP contribution in [0.25, 0.3) is 0 Å². The van der Waals surface area contributed by atoms with Gasteiger partial charge in [-0.15, -0.1) is 20.2 Å². The largest absolute Gasteiger partial charge is 0.481 e. The second-order valence-corrected chi connectivity index (χ2v) is 5.84. The summed E-state index contributed by atoms with van der Waals surface area (Å²) in [5.41, 5.74) is 0. The van der Waals surface area contributed by atoms with E-state index in [1.807, 2.05) is 0 Å². The third kappa shape index (κ3) is 4.20. The minimum Gasteiger partial charge on any atom is -0.481 e. The molecule has 0 radical (unpaired) electrons. The first-order chi connectivity index (χ1) is 11.3. The van der Waals surface area contributed by atoms with Crippen molar-refractivity contribution >= 4 is 11.9 Å². The Morgan fingerprint density at radius 3 is 1.79 bits per heavy atom. The number of rotatable bonds is 6. The summed E-state index contributed by atoms with van der Waals surface area (Å²) in [5.74, 6) is -2.40. The number of hydrogen-bond acceptors (Lipinski definition) is 8. The summed E-state index contributed by atoms with van der Waals surface area (Å²) in [4.78, 5) is 54.6. The van der Waals surface area contributed by atoms with Crippen molar-refractivity contribution in [3.05, 3.63) is 20.2 Å². The van der Waals surface area contributed by atoms with E-state index < -0.39 is 40.2 Å². The average molecular weight is 347 g/mol. The van der Waals surface area contributed by atoms with Gasteiger partial charge in [0.25, 0.3) is 10.2 Å². The van der Waals surface area contributed by atoms with Gasteiger partial charge in [-0.2, -0.15) is 0 Å². The van der Waals surface area contributed by atoms with Crippen LogP contribution < -0.4 is 0 Å². The number of carbonyl (C=O) groups is 2. The molecule has 0 spiro atoms. The minimum atomic E-state index is -1.18. The molecule has 0 bridgehead atoms. The second-order valence-electron chi connectivity index (χ2n) is 5.84. The molecule has 12 heteroatoms. The molecule has 2 rings (SSSR count). The Morgan fingerprint density at radius 1 is 0.958 bits per heavy atom. The van der Waals surface area contributed by atoms with E-state index in [-0.39, 0.29) is 31.8 Å². The molecule has 24 heavy (non-hydrogen) atoms. The highest BCUT2D eigenvalue weighted by atomic mass is 17.0. The van der Waals surface area contributed by atoms with Gasteiger partial charge in [-0.3, -0.25) is 9.59 Å². The molecule has 0 aromatic rings. The molecule has 1 unspecified atom stereocenters. The van der Waals surface area contributed by atoms with Crippen molar-refractivity contribution < 1.29 is 34.5 Å². The van der Waals surface area contributed by atoms with Crippen LogP contribution in [0.4, 0.5) is 0 Å². The van der Waals surface area contributed by atoms with Crippen molar-refractivity contribution in [1.82, 2.24) is 4.90 Å². The standard InChI is InChI=1S/C12H17N3O9/c16-11(13-3-1-7(2-4-13)12(17)18)8-5-9(23-14(19)20)10(6-8)24-15(21)22/h7-10H,1-6H2,(H,17,18)/t8?,9-,10+. The van der Waals surface area contributed by atoms with Crippen LogP contribution in [0.15, 0.2) is 0 Å². The molecule has 1 saturated carbocycles. The number of likely N-dealkylation sites (tertiary alicyclic amines) is 1. The van der Waals surface area contributed by atoms with Gasteiger partial charge in [-0.25, -0.2) is 0 Å². The predicted octanol–water partition coefficient (Wildman–Crippen LogP) is -0.127. The molecule has 1 aliphatic heterocycles. The van der Waals surface area contributed by atoms with Gasteiger partial charge in [-0.1, -0.05) is 0 Å². The predicted molar refractivity (Wildman–Crippen MR) is 73.4 cm³/mol. The van der Waals surface area contributed by atoms with Gasteiger partial charge in [0.1, 0.15) is 12.2 Å². The van der Waals surface area contributed by atoms with Crippen molar-refractivity contribution in [2.75, 3.05) is 13.1 Å². The molecule has 3 atom stereocenters. The summed E-state index contributed by atoms with van der Waals surface area (Å²) in [6, 6.07) is 0. The lowest BCUT2D eigenvalue weighted by Crippen LogP contribution is -2.42. The van der Waals surface area contributed by atoms with Gasteiger partial charge in [0, 0.05) is 19.0 Å². The molecule has 1 N–H and O–H groups in total. The normalized spacial score (nSPS) is 27.5. The summed E-state index contributed by atoms with van der Waals surface area (Å²) in [5, 5.41) is 27.8. The first kappa shape index (κ1) is 17.7. The molecule has 1 aliphatic carbocycles. The Bertz CT molecular complexity index is 508. The molecule has 2 aliphatic rings. The Labute approximate surface area is 135 Å². The van der Waals surface area contributed by atoms with Gasteiger partial charge in [0.05, 0.1) is 5.92 Å². The van der Waals surface area contributed by atoms with E-state index in [0.29, 0.717) is 12.8 Å². The topological polar surface area (TPSA) is 162 Å². The monoisotopic (exact) mass is 347 g/mol. The number of carboxylic acid groups (broad SMARTS) is 1. The van der Waals surface area contributed by atoms with Crippen LogP contribution in [0.5, 0.6) is 0 Å². The van der Waals surface area contributed by atoms with E-state index in [9.17, 15) is 29.8 Å². The van der Waals surface area contributed by atoms with Gasteiger partial charge in [0.15, 0.2) is 0 Å². The maximum atomic E-state index is 12.5. The van der Waals surface area contributed by atoms with E-state index in [0.717, 1.165) is 0 Å². The lowest BCUT2D eigenvalue weighted by atomic mass is 9.95. The minimum absolute atomic E-state index is 0.0584. The molecule has 1 heterocycles. The maximum absolute atomic E-state index is 12.5. The zero-order valence-corrected chi connectivity index (χ0v) is 12.6. The van der Waals surface area contributed by atoms with Crippen LogP contribution >= 0.6 is 0 Å². The summed E-state index contributed by atoms with van der Waals surface area (Å²) >= 11 is 0. The quantitative estimate of drug-likeness (QED) is 0.509. The number of amides is 1. The van der Waals surface area contributed by atoms with Crippen molar-refractivity contribution in [2.24, 2.45) is 11.8 Å². The highest BCUT2D eigenvalue weighted by molar-refractivity contribution is 5.80. The number of piperidine rings is 1. The van der Waals surface area contributed by atoms with E-state index in [4.69, 9.17) is 5.11 Å². The maximum Gasteiger partial charge on any atom is 0.306 e. The number of carbonyl (C=O) groups excluding carboxylic acids is 1. The highest BCUT2D eigenvalue weighted by Crippen LogP contribution is 2.33. The Hall–Kier alpha value is -2.66. The molecule has 0 aromatic carbocycles. The lowest BCUT2D eigenvalue weighted by Gasteiger charge is -2.32. The fourth-order valence-electron chi connectivity index (χ4n) is 3.21. The van der Waals surface area contributed by atoms with Crippen LogP contribution in [0.3, 0.4) is 0 Å². The van der Waals surface area contributed by atoms with Gasteiger partial charge in [-0.05, 0) is 25.7 Å². The smallest absolute Gasteiger partial charge is 0.306 e. The van der Waals surface area contributed by atoms with Crippen LogP contribution in [-0.4, -0.2) is 57.4 Å². The molecule has 1 amide bonds. The lowest BCUT2D eigenvalue weighted by molar-refractivity contribution is -0.797. The zero-order chi connectivity index (χ0) is 17.9. The van der Waals surface area contributed by atoms with Gasteiger partial charge in [0.2, 0.25) is 5.91 Å². The van der Waals surface area contributed by atoms with Crippen molar-refractivity contribution in [3.8, 4) is 0 Å². The first-order valence-electron chi connectivity index (χ1n) is 7.41. The fourth-order valence-corrected chi connectivity index (χ4v) is 3.21. The summed E-state index contributed by atoms with van der Waals surface area (Å²) in [6.07, 6.45) is -1.82. The summed E-state index contributed by atoms with van der Waals surface area (Å²) < 4.78 is 0. The summed E-state index contributed by atoms with van der Waals surface area (Å²) in [7, 11) is 0. The van der Waals surface area contributed by atoms with Crippen LogP contribution in [0.2, 0.25) is 0 Å².